The quantitative estimate of drug-likeness (QED) is 0.856. The second-order valence-electron chi connectivity index (χ2n) is 4.75. The zero-order valence-electron chi connectivity index (χ0n) is 12.2. The van der Waals surface area contributed by atoms with E-state index in [2.05, 4.69) is 5.32 Å². The fourth-order valence-electron chi connectivity index (χ4n) is 2.12. The maximum absolute atomic E-state index is 12.3. The van der Waals surface area contributed by atoms with Crippen molar-refractivity contribution in [2.24, 2.45) is 0 Å². The summed E-state index contributed by atoms with van der Waals surface area (Å²) in [6.45, 7) is 0. The van der Waals surface area contributed by atoms with Crippen LogP contribution in [0.3, 0.4) is 0 Å². The number of carboxylic acids is 1. The Hall–Kier alpha value is -2.82. The summed E-state index contributed by atoms with van der Waals surface area (Å²) in [5, 5.41) is 11.8. The van der Waals surface area contributed by atoms with Gasteiger partial charge in [-0.15, -0.1) is 0 Å². The first-order chi connectivity index (χ1) is 10.6. The predicted molar refractivity (Wildman–Crippen MR) is 82.0 cm³/mol. The molecule has 0 fully saturated rings. The molecule has 114 valence electrons. The number of ether oxygens (including phenoxy) is 1. The lowest BCUT2D eigenvalue weighted by atomic mass is 10.1. The summed E-state index contributed by atoms with van der Waals surface area (Å²) in [6.07, 6.45) is 0.219. The largest absolute Gasteiger partial charge is 0.496 e. The lowest BCUT2D eigenvalue weighted by molar-refractivity contribution is -0.139. The highest BCUT2D eigenvalue weighted by Crippen LogP contribution is 2.17. The molecule has 0 spiro atoms. The van der Waals surface area contributed by atoms with Crippen molar-refractivity contribution < 1.29 is 19.4 Å². The predicted octanol–water partition coefficient (Wildman–Crippen LogP) is 2.12. The lowest BCUT2D eigenvalue weighted by Gasteiger charge is -2.16. The summed E-state index contributed by atoms with van der Waals surface area (Å²) in [7, 11) is 1.46. The molecule has 0 aliphatic heterocycles. The van der Waals surface area contributed by atoms with Crippen LogP contribution in [0.25, 0.3) is 0 Å². The Bertz CT molecular complexity index is 655. The highest BCUT2D eigenvalue weighted by Gasteiger charge is 2.22. The summed E-state index contributed by atoms with van der Waals surface area (Å²) in [5.74, 6) is -1.14. The van der Waals surface area contributed by atoms with E-state index in [4.69, 9.17) is 4.74 Å². The molecule has 0 aliphatic carbocycles. The van der Waals surface area contributed by atoms with E-state index in [0.717, 1.165) is 5.56 Å². The highest BCUT2D eigenvalue weighted by atomic mass is 16.5. The molecule has 0 heterocycles. The van der Waals surface area contributed by atoms with E-state index < -0.39 is 17.9 Å². The number of carbonyl (C=O) groups is 2. The molecule has 0 saturated heterocycles. The summed E-state index contributed by atoms with van der Waals surface area (Å²) in [5.41, 5.74) is 1.15. The van der Waals surface area contributed by atoms with Crippen molar-refractivity contribution in [2.45, 2.75) is 12.5 Å². The molecule has 0 aliphatic rings. The minimum Gasteiger partial charge on any atom is -0.496 e. The number of rotatable bonds is 6. The number of hydrogen-bond acceptors (Lipinski definition) is 3. The number of para-hydroxylation sites is 1. The Morgan fingerprint density at radius 2 is 1.73 bits per heavy atom. The maximum atomic E-state index is 12.3. The zero-order valence-corrected chi connectivity index (χ0v) is 12.2. The highest BCUT2D eigenvalue weighted by molar-refractivity contribution is 5.98. The van der Waals surface area contributed by atoms with Crippen molar-refractivity contribution in [3.05, 3.63) is 65.7 Å². The molecule has 5 heteroatoms. The number of hydrogen-bond donors (Lipinski definition) is 2. The van der Waals surface area contributed by atoms with E-state index >= 15 is 0 Å². The van der Waals surface area contributed by atoms with E-state index in [1.54, 1.807) is 24.3 Å². The third kappa shape index (κ3) is 3.85. The molecule has 2 aromatic carbocycles. The van der Waals surface area contributed by atoms with E-state index in [-0.39, 0.29) is 6.42 Å². The van der Waals surface area contributed by atoms with Crippen molar-refractivity contribution in [2.75, 3.05) is 7.11 Å². The molecule has 0 saturated carbocycles. The molecule has 0 aromatic heterocycles. The third-order valence-corrected chi connectivity index (χ3v) is 3.24. The molecule has 1 atom stereocenters. The van der Waals surface area contributed by atoms with E-state index in [0.29, 0.717) is 11.3 Å². The molecule has 0 radical (unpaired) electrons. The molecule has 0 bridgehead atoms. The number of carbonyl (C=O) groups excluding carboxylic acids is 1. The molecule has 1 amide bonds. The van der Waals surface area contributed by atoms with Gasteiger partial charge in [-0.05, 0) is 17.7 Å². The maximum Gasteiger partial charge on any atom is 0.326 e. The summed E-state index contributed by atoms with van der Waals surface area (Å²) in [6, 6.07) is 14.9. The Kier molecular flexibility index (Phi) is 5.14. The van der Waals surface area contributed by atoms with Crippen molar-refractivity contribution >= 4 is 11.9 Å². The number of carboxylic acid groups (broad SMARTS) is 1. The van der Waals surface area contributed by atoms with Gasteiger partial charge in [0.25, 0.3) is 5.91 Å². The van der Waals surface area contributed by atoms with Gasteiger partial charge in [0, 0.05) is 6.42 Å². The standard InChI is InChI=1S/C17H17NO4/c1-22-15-10-6-5-9-13(15)16(19)18-14(17(20)21)11-12-7-3-2-4-8-12/h2-10,14H,11H2,1H3,(H,18,19)(H,20,21)/t14-/m1/s1. The second-order valence-corrected chi connectivity index (χ2v) is 4.75. The minimum absolute atomic E-state index is 0.219. The molecular formula is C17H17NO4. The Morgan fingerprint density at radius 3 is 2.36 bits per heavy atom. The van der Waals surface area contributed by atoms with Gasteiger partial charge in [-0.2, -0.15) is 0 Å². The van der Waals surface area contributed by atoms with Crippen LogP contribution >= 0.6 is 0 Å². The van der Waals surface area contributed by atoms with Crippen LogP contribution < -0.4 is 10.1 Å². The Labute approximate surface area is 128 Å². The molecular weight excluding hydrogens is 282 g/mol. The third-order valence-electron chi connectivity index (χ3n) is 3.24. The first-order valence-electron chi connectivity index (χ1n) is 6.82. The van der Waals surface area contributed by atoms with Crippen LogP contribution in [0.2, 0.25) is 0 Å². The van der Waals surface area contributed by atoms with E-state index in [1.165, 1.54) is 7.11 Å². The summed E-state index contributed by atoms with van der Waals surface area (Å²) >= 11 is 0. The number of methoxy groups -OCH3 is 1. The molecule has 2 aromatic rings. The van der Waals surface area contributed by atoms with Crippen molar-refractivity contribution in [3.63, 3.8) is 0 Å². The van der Waals surface area contributed by atoms with Crippen LogP contribution in [0.5, 0.6) is 5.75 Å². The Morgan fingerprint density at radius 1 is 1.09 bits per heavy atom. The van der Waals surface area contributed by atoms with Crippen LogP contribution in [0.4, 0.5) is 0 Å². The van der Waals surface area contributed by atoms with Crippen molar-refractivity contribution in [1.29, 1.82) is 0 Å². The molecule has 2 N–H and O–H groups in total. The normalized spacial score (nSPS) is 11.5. The van der Waals surface area contributed by atoms with Gasteiger partial charge in [0.15, 0.2) is 0 Å². The first-order valence-corrected chi connectivity index (χ1v) is 6.82. The fourth-order valence-corrected chi connectivity index (χ4v) is 2.12. The topological polar surface area (TPSA) is 75.6 Å². The SMILES string of the molecule is COc1ccccc1C(=O)N[C@H](Cc1ccccc1)C(=O)O. The smallest absolute Gasteiger partial charge is 0.326 e. The minimum atomic E-state index is -1.08. The van der Waals surface area contributed by atoms with Crippen LogP contribution in [-0.4, -0.2) is 30.1 Å². The van der Waals surface area contributed by atoms with Gasteiger partial charge < -0.3 is 15.2 Å². The number of aliphatic carboxylic acids is 1. The van der Waals surface area contributed by atoms with Crippen molar-refractivity contribution in [1.82, 2.24) is 5.32 Å². The first kappa shape index (κ1) is 15.6. The van der Waals surface area contributed by atoms with Gasteiger partial charge >= 0.3 is 5.97 Å². The zero-order chi connectivity index (χ0) is 15.9. The van der Waals surface area contributed by atoms with Crippen LogP contribution in [-0.2, 0) is 11.2 Å². The van der Waals surface area contributed by atoms with Gasteiger partial charge in [0.2, 0.25) is 0 Å². The van der Waals surface area contributed by atoms with Gasteiger partial charge in [-0.25, -0.2) is 4.79 Å². The molecule has 2 rings (SSSR count). The summed E-state index contributed by atoms with van der Waals surface area (Å²) in [4.78, 5) is 23.7. The van der Waals surface area contributed by atoms with Crippen molar-refractivity contribution in [3.8, 4) is 5.75 Å². The number of benzene rings is 2. The average molecular weight is 299 g/mol. The van der Waals surface area contributed by atoms with E-state index in [1.807, 2.05) is 30.3 Å². The second kappa shape index (κ2) is 7.26. The van der Waals surface area contributed by atoms with Gasteiger partial charge in [0.05, 0.1) is 12.7 Å². The Balaban J connectivity index is 2.14. The van der Waals surface area contributed by atoms with Crippen LogP contribution in [0.1, 0.15) is 15.9 Å². The molecule has 22 heavy (non-hydrogen) atoms. The van der Waals surface area contributed by atoms with E-state index in [9.17, 15) is 14.7 Å². The monoisotopic (exact) mass is 299 g/mol. The lowest BCUT2D eigenvalue weighted by Crippen LogP contribution is -2.42. The molecule has 5 nitrogen and oxygen atoms in total. The number of nitrogens with one attached hydrogen (secondary N) is 1. The van der Waals surface area contributed by atoms with Crippen LogP contribution in [0.15, 0.2) is 54.6 Å². The van der Waals surface area contributed by atoms with Gasteiger partial charge in [-0.1, -0.05) is 42.5 Å². The van der Waals surface area contributed by atoms with Gasteiger partial charge in [-0.3, -0.25) is 4.79 Å². The summed E-state index contributed by atoms with van der Waals surface area (Å²) < 4.78 is 5.12. The van der Waals surface area contributed by atoms with Crippen LogP contribution in [0, 0.1) is 0 Å². The number of amides is 1. The average Bonchev–Trinajstić information content (AvgIpc) is 2.55. The van der Waals surface area contributed by atoms with Gasteiger partial charge in [0.1, 0.15) is 11.8 Å². The molecule has 0 unspecified atom stereocenters. The fraction of sp³-hybridized carbons (Fsp3) is 0.176.